The number of fused-ring (bicyclic) bond motifs is 7. The third kappa shape index (κ3) is 14.9. The molecule has 0 bridgehead atoms. The SMILES string of the molecule is c1ccc(-c2cc3ccccc3cn2)cc1.c1ccc(-c2ccc3ccccc3n2)cc1.c1ccc(-c2cccc3ccccc23)nc1.c1ccc(-c2ccccn2)cc1.c1ccc(-c2nccc3ccccc23)cc1.c1ccc2c(c1)ccc1cccnc12. The summed E-state index contributed by atoms with van der Waals surface area (Å²) < 4.78 is 0. The Bertz CT molecular complexity index is 4710. The number of hydrogen-bond donors (Lipinski definition) is 0. The van der Waals surface area contributed by atoms with Crippen molar-refractivity contribution in [1.82, 2.24) is 29.9 Å². The van der Waals surface area contributed by atoms with Crippen LogP contribution >= 0.6 is 0 Å². The molecule has 428 valence electrons. The van der Waals surface area contributed by atoms with Crippen LogP contribution in [0.2, 0.25) is 0 Å². The molecule has 0 amide bonds. The van der Waals surface area contributed by atoms with Crippen molar-refractivity contribution in [3.8, 4) is 56.3 Å². The summed E-state index contributed by atoms with van der Waals surface area (Å²) in [7, 11) is 0. The molecular formula is C84H62N6. The van der Waals surface area contributed by atoms with Gasteiger partial charge in [0, 0.05) is 85.7 Å². The highest BCUT2D eigenvalue weighted by Gasteiger charge is 2.06. The summed E-state index contributed by atoms with van der Waals surface area (Å²) in [6, 6.07) is 117. The van der Waals surface area contributed by atoms with E-state index in [1.807, 2.05) is 177 Å². The van der Waals surface area contributed by atoms with Crippen LogP contribution in [0.15, 0.2) is 377 Å². The average molecular weight is 1160 g/mol. The summed E-state index contributed by atoms with van der Waals surface area (Å²) in [6.45, 7) is 0. The monoisotopic (exact) mass is 1150 g/mol. The molecule has 0 aliphatic rings. The molecule has 6 heterocycles. The van der Waals surface area contributed by atoms with E-state index >= 15 is 0 Å². The molecule has 0 radical (unpaired) electrons. The summed E-state index contributed by atoms with van der Waals surface area (Å²) in [5.41, 5.74) is 13.1. The molecule has 0 aliphatic heterocycles. The molecule has 0 atom stereocenters. The number of hydrogen-bond acceptors (Lipinski definition) is 6. The molecule has 0 saturated carbocycles. The lowest BCUT2D eigenvalue weighted by Crippen LogP contribution is -1.84. The number of nitrogens with zero attached hydrogens (tertiary/aromatic N) is 6. The number of aromatic nitrogens is 6. The maximum atomic E-state index is 4.65. The van der Waals surface area contributed by atoms with Crippen LogP contribution in [0.5, 0.6) is 0 Å². The smallest absolute Gasteiger partial charge is 0.0780 e. The zero-order chi connectivity index (χ0) is 60.8. The van der Waals surface area contributed by atoms with Gasteiger partial charge >= 0.3 is 0 Å². The Hall–Kier alpha value is -12.1. The van der Waals surface area contributed by atoms with E-state index in [1.54, 1.807) is 0 Å². The van der Waals surface area contributed by atoms with Crippen LogP contribution in [-0.2, 0) is 0 Å². The van der Waals surface area contributed by atoms with Crippen molar-refractivity contribution in [3.63, 3.8) is 0 Å². The van der Waals surface area contributed by atoms with Gasteiger partial charge in [0.1, 0.15) is 0 Å². The molecule has 0 saturated heterocycles. The van der Waals surface area contributed by atoms with E-state index in [9.17, 15) is 0 Å². The maximum absolute atomic E-state index is 4.65. The molecule has 90 heavy (non-hydrogen) atoms. The van der Waals surface area contributed by atoms with Gasteiger partial charge in [0.05, 0.1) is 39.5 Å². The van der Waals surface area contributed by atoms with Gasteiger partial charge in [-0.2, -0.15) is 0 Å². The van der Waals surface area contributed by atoms with Crippen LogP contribution in [0.4, 0.5) is 0 Å². The third-order valence-corrected chi connectivity index (χ3v) is 15.1. The van der Waals surface area contributed by atoms with Crippen molar-refractivity contribution in [2.24, 2.45) is 0 Å². The molecule has 0 aliphatic carbocycles. The second kappa shape index (κ2) is 29.8. The summed E-state index contributed by atoms with van der Waals surface area (Å²) >= 11 is 0. The Morgan fingerprint density at radius 3 is 1.31 bits per heavy atom. The van der Waals surface area contributed by atoms with E-state index in [2.05, 4.69) is 230 Å². The second-order valence-corrected chi connectivity index (χ2v) is 21.0. The molecule has 6 heteroatoms. The fourth-order valence-electron chi connectivity index (χ4n) is 10.6. The fraction of sp³-hybridized carbons (Fsp3) is 0. The normalized spacial score (nSPS) is 10.4. The van der Waals surface area contributed by atoms with E-state index in [4.69, 9.17) is 0 Å². The summed E-state index contributed by atoms with van der Waals surface area (Å²) in [4.78, 5) is 26.7. The average Bonchev–Trinajstić information content (AvgIpc) is 2.10. The Kier molecular flexibility index (Phi) is 19.3. The lowest BCUT2D eigenvalue weighted by atomic mass is 10.0. The Labute approximate surface area is 524 Å². The van der Waals surface area contributed by atoms with Crippen LogP contribution in [0, 0.1) is 0 Å². The van der Waals surface area contributed by atoms with Crippen molar-refractivity contribution in [2.45, 2.75) is 0 Å². The van der Waals surface area contributed by atoms with Crippen molar-refractivity contribution in [1.29, 1.82) is 0 Å². The van der Waals surface area contributed by atoms with E-state index in [0.717, 1.165) is 56.2 Å². The van der Waals surface area contributed by atoms with Gasteiger partial charge in [-0.25, -0.2) is 4.98 Å². The molecule has 6 aromatic heterocycles. The highest BCUT2D eigenvalue weighted by atomic mass is 14.7. The lowest BCUT2D eigenvalue weighted by Gasteiger charge is -2.05. The first kappa shape index (κ1) is 58.3. The molecule has 11 aromatic carbocycles. The van der Waals surface area contributed by atoms with Crippen molar-refractivity contribution in [2.75, 3.05) is 0 Å². The first-order valence-electron chi connectivity index (χ1n) is 30.0. The standard InChI is InChI=1S/4C15H11N.C13H9N.C11H9N/c1-2-8-13-12(6-1)7-5-9-14(13)15-10-3-4-11-16-15;1-2-7-13(8-3-1)15-14-9-5-4-6-12(14)10-11-16-15;1-2-6-12(7-3-1)15-10-13-8-4-5-9-14(13)11-16-15;1-2-6-12(7-3-1)15-11-10-13-8-4-5-9-14(13)16-15;1-2-6-12-10(4-1)7-8-11-5-3-9-14-13(11)12;1-2-6-10(7-3-1)11-8-4-5-9-12-11/h4*1-11H;1-9H;1-9H. The minimum atomic E-state index is 1.03. The Balaban J connectivity index is 0.000000105. The predicted octanol–water partition coefficient (Wildman–Crippen LogP) is 21.7. The van der Waals surface area contributed by atoms with E-state index in [1.165, 1.54) is 65.0 Å². The number of pyridine rings is 6. The first-order valence-corrected chi connectivity index (χ1v) is 30.0. The van der Waals surface area contributed by atoms with Gasteiger partial charge in [-0.3, -0.25) is 24.9 Å². The molecule has 0 fully saturated rings. The van der Waals surface area contributed by atoms with Crippen LogP contribution in [0.1, 0.15) is 0 Å². The fourth-order valence-corrected chi connectivity index (χ4v) is 10.6. The van der Waals surface area contributed by atoms with Gasteiger partial charge < -0.3 is 0 Å². The third-order valence-electron chi connectivity index (χ3n) is 15.1. The van der Waals surface area contributed by atoms with Crippen LogP contribution in [0.3, 0.4) is 0 Å². The highest BCUT2D eigenvalue weighted by Crippen LogP contribution is 2.29. The minimum absolute atomic E-state index is 1.03. The molecule has 0 unspecified atom stereocenters. The Morgan fingerprint density at radius 1 is 0.200 bits per heavy atom. The van der Waals surface area contributed by atoms with E-state index < -0.39 is 0 Å². The van der Waals surface area contributed by atoms with E-state index in [0.29, 0.717) is 0 Å². The molecule has 6 nitrogen and oxygen atoms in total. The first-order chi connectivity index (χ1) is 44.7. The molecule has 17 rings (SSSR count). The van der Waals surface area contributed by atoms with Crippen LogP contribution < -0.4 is 0 Å². The van der Waals surface area contributed by atoms with Crippen LogP contribution in [-0.4, -0.2) is 29.9 Å². The second-order valence-electron chi connectivity index (χ2n) is 21.0. The minimum Gasteiger partial charge on any atom is -0.256 e. The quantitative estimate of drug-likeness (QED) is 0.160. The number of para-hydroxylation sites is 1. The molecular weight excluding hydrogens is 1090 g/mol. The van der Waals surface area contributed by atoms with Gasteiger partial charge in [-0.05, 0) is 81.5 Å². The largest absolute Gasteiger partial charge is 0.256 e. The summed E-state index contributed by atoms with van der Waals surface area (Å²) in [5.74, 6) is 0. The zero-order valence-electron chi connectivity index (χ0n) is 49.5. The molecule has 17 aromatic rings. The van der Waals surface area contributed by atoms with Crippen molar-refractivity contribution >= 4 is 64.9 Å². The van der Waals surface area contributed by atoms with Crippen LogP contribution in [0.25, 0.3) is 121 Å². The van der Waals surface area contributed by atoms with Gasteiger partial charge in [0.15, 0.2) is 0 Å². The molecule has 0 N–H and O–H groups in total. The van der Waals surface area contributed by atoms with Gasteiger partial charge in [0.2, 0.25) is 0 Å². The number of benzene rings is 11. The van der Waals surface area contributed by atoms with Gasteiger partial charge in [-0.15, -0.1) is 0 Å². The van der Waals surface area contributed by atoms with Crippen molar-refractivity contribution in [3.05, 3.63) is 377 Å². The number of rotatable bonds is 5. The highest BCUT2D eigenvalue weighted by molar-refractivity contribution is 6.05. The summed E-state index contributed by atoms with van der Waals surface area (Å²) in [6.07, 6.45) is 9.27. The summed E-state index contributed by atoms with van der Waals surface area (Å²) in [5, 5.41) is 12.2. The van der Waals surface area contributed by atoms with Gasteiger partial charge in [-0.1, -0.05) is 291 Å². The van der Waals surface area contributed by atoms with Crippen molar-refractivity contribution < 1.29 is 0 Å². The zero-order valence-corrected chi connectivity index (χ0v) is 49.5. The molecule has 0 spiro atoms. The lowest BCUT2D eigenvalue weighted by molar-refractivity contribution is 1.33. The topological polar surface area (TPSA) is 77.3 Å². The maximum Gasteiger partial charge on any atom is 0.0780 e. The van der Waals surface area contributed by atoms with E-state index in [-0.39, 0.29) is 0 Å². The van der Waals surface area contributed by atoms with Gasteiger partial charge in [0.25, 0.3) is 0 Å². The predicted molar refractivity (Wildman–Crippen MR) is 378 cm³/mol. The Morgan fingerprint density at radius 2 is 0.656 bits per heavy atom.